The number of halogens is 5. The first-order valence-electron chi connectivity index (χ1n) is 16.5. The molecule has 2 fully saturated rings. The molecule has 2 heterocycles. The third-order valence-corrected chi connectivity index (χ3v) is 9.23. The van der Waals surface area contributed by atoms with Crippen molar-refractivity contribution in [2.24, 2.45) is 23.2 Å². The Labute approximate surface area is 310 Å². The van der Waals surface area contributed by atoms with Crippen molar-refractivity contribution in [3.63, 3.8) is 0 Å². The van der Waals surface area contributed by atoms with Gasteiger partial charge < -0.3 is 34.6 Å². The van der Waals surface area contributed by atoms with E-state index in [1.165, 1.54) is 32.2 Å². The number of likely N-dealkylation sites (tertiary alicyclic amines) is 1. The fourth-order valence-corrected chi connectivity index (χ4v) is 5.58. The van der Waals surface area contributed by atoms with Crippen LogP contribution < -0.4 is 15.6 Å². The standard InChI is InChI=1S/C20H22F5NO2.C7H13NO2.C7H15N.CH4O.CHO.V/c1-11-9-12(11)5-3-4-8-19(21,22)17-16(20(23,24)25)14-7-6-13(28-2)10-15(14)26-18(17)27;1-7(2,3)6(4-9)8-5-10;1-6-4-5-8(3)7(6)2;2*1-2;/h6-7,10-12H,3-5,8-9H2,1-2H3,(H,26,27);4-6H,1-3H3,(H,8,10);6-7H,4-5H2,1-3H3;2H,1H3;1H;/q;;;;-1;/t;6-;;;;/m.1..../s1. The molecule has 1 aliphatic heterocycles. The van der Waals surface area contributed by atoms with Gasteiger partial charge in [-0.2, -0.15) is 13.2 Å². The number of methoxy groups -OCH3 is 1. The number of aldehydes is 1. The summed E-state index contributed by atoms with van der Waals surface area (Å²) in [6.07, 6.45) is -0.774. The number of ether oxygens (including phenoxy) is 1. The Bertz CT molecular complexity index is 1380. The van der Waals surface area contributed by atoms with Crippen LogP contribution in [-0.2, 0) is 45.0 Å². The Morgan fingerprint density at radius 2 is 1.61 bits per heavy atom. The smallest absolute Gasteiger partial charge is 0.417 e. The third kappa shape index (κ3) is 15.8. The Kier molecular flexibility index (Phi) is 22.7. The van der Waals surface area contributed by atoms with E-state index in [2.05, 4.69) is 49.8 Å². The summed E-state index contributed by atoms with van der Waals surface area (Å²) in [6.45, 7) is 16.9. The maximum Gasteiger partial charge on any atom is 0.417 e. The number of aromatic nitrogens is 1. The third-order valence-electron chi connectivity index (χ3n) is 9.23. The second-order valence-corrected chi connectivity index (χ2v) is 13.8. The van der Waals surface area contributed by atoms with Gasteiger partial charge in [-0.25, -0.2) is 8.78 Å². The van der Waals surface area contributed by atoms with Crippen molar-refractivity contribution >= 4 is 30.4 Å². The van der Waals surface area contributed by atoms with Crippen LogP contribution >= 0.6 is 0 Å². The molecule has 1 radical (unpaired) electrons. The normalized spacial score (nSPS) is 20.2. The number of aromatic amines is 1. The minimum absolute atomic E-state index is 0. The average molecular weight is 772 g/mol. The first-order chi connectivity index (χ1) is 23.3. The molecule has 2 aliphatic rings. The van der Waals surface area contributed by atoms with Gasteiger partial charge in [-0.15, -0.1) is 0 Å². The number of carbonyl (C=O) groups is 2. The van der Waals surface area contributed by atoms with E-state index in [0.717, 1.165) is 44.3 Å². The molecule has 5 atom stereocenters. The van der Waals surface area contributed by atoms with E-state index in [4.69, 9.17) is 14.6 Å². The van der Waals surface area contributed by atoms with Gasteiger partial charge in [0.15, 0.2) is 0 Å². The predicted octanol–water partition coefficient (Wildman–Crippen LogP) is 6.89. The van der Waals surface area contributed by atoms with Crippen LogP contribution in [-0.4, -0.2) is 74.4 Å². The van der Waals surface area contributed by atoms with E-state index in [1.807, 2.05) is 20.8 Å². The van der Waals surface area contributed by atoms with E-state index in [0.29, 0.717) is 24.7 Å². The van der Waals surface area contributed by atoms with Crippen LogP contribution in [0.15, 0.2) is 23.0 Å². The number of aliphatic hydroxyl groups excluding tert-OH is 1. The number of hydrogen-bond acceptors (Lipinski definition) is 7. The summed E-state index contributed by atoms with van der Waals surface area (Å²) < 4.78 is 75.5. The molecule has 291 valence electrons. The molecule has 3 N–H and O–H groups in total. The first-order valence-corrected chi connectivity index (χ1v) is 16.5. The molecule has 1 saturated heterocycles. The number of amides is 1. The number of hydrogen-bond donors (Lipinski definition) is 3. The van der Waals surface area contributed by atoms with Crippen LogP contribution in [0.2, 0.25) is 0 Å². The van der Waals surface area contributed by atoms with Crippen LogP contribution in [0.25, 0.3) is 10.9 Å². The van der Waals surface area contributed by atoms with Gasteiger partial charge in [0, 0.05) is 49.6 Å². The van der Waals surface area contributed by atoms with Crippen molar-refractivity contribution in [2.75, 3.05) is 27.8 Å². The van der Waals surface area contributed by atoms with Gasteiger partial charge in [0.05, 0.1) is 29.8 Å². The summed E-state index contributed by atoms with van der Waals surface area (Å²) in [6, 6.07) is 3.90. The average Bonchev–Trinajstić information content (AvgIpc) is 3.70. The van der Waals surface area contributed by atoms with Crippen molar-refractivity contribution in [1.29, 1.82) is 0 Å². The summed E-state index contributed by atoms with van der Waals surface area (Å²) in [4.78, 5) is 44.9. The van der Waals surface area contributed by atoms with Crippen LogP contribution in [0, 0.1) is 23.2 Å². The number of H-pyrrole nitrogens is 1. The van der Waals surface area contributed by atoms with E-state index in [9.17, 15) is 36.3 Å². The Morgan fingerprint density at radius 3 is 1.96 bits per heavy atom. The summed E-state index contributed by atoms with van der Waals surface area (Å²) in [5, 5.41) is 8.95. The van der Waals surface area contributed by atoms with Gasteiger partial charge in [0.1, 0.15) is 12.0 Å². The summed E-state index contributed by atoms with van der Waals surface area (Å²) in [7, 11) is 4.52. The number of alkyl halides is 5. The van der Waals surface area contributed by atoms with E-state index < -0.39 is 40.6 Å². The molecular weight excluding hydrogens is 716 g/mol. The second kappa shape index (κ2) is 23.0. The van der Waals surface area contributed by atoms with E-state index in [1.54, 1.807) is 0 Å². The number of fused-ring (bicyclic) bond motifs is 1. The fourth-order valence-electron chi connectivity index (χ4n) is 5.58. The van der Waals surface area contributed by atoms with Crippen LogP contribution in [0.3, 0.4) is 0 Å². The minimum atomic E-state index is -5.09. The molecule has 1 aliphatic carbocycles. The molecule has 2 aromatic rings. The van der Waals surface area contributed by atoms with Gasteiger partial charge in [-0.3, -0.25) is 16.4 Å². The summed E-state index contributed by atoms with van der Waals surface area (Å²) in [5.74, 6) is -1.62. The number of carbonyl (C=O) groups excluding carboxylic acids is 3. The molecule has 15 heteroatoms. The number of rotatable bonds is 10. The molecule has 1 amide bonds. The zero-order chi connectivity index (χ0) is 39.0. The Balaban J connectivity index is 0. The van der Waals surface area contributed by atoms with Crippen LogP contribution in [0.4, 0.5) is 22.0 Å². The molecule has 0 spiro atoms. The largest absolute Gasteiger partial charge is 0.545 e. The second-order valence-electron chi connectivity index (χ2n) is 13.8. The maximum absolute atomic E-state index is 14.8. The predicted molar refractivity (Wildman–Crippen MR) is 185 cm³/mol. The van der Waals surface area contributed by atoms with Crippen molar-refractivity contribution in [1.82, 2.24) is 15.2 Å². The van der Waals surface area contributed by atoms with Crippen molar-refractivity contribution in [3.05, 3.63) is 39.7 Å². The molecule has 0 bridgehead atoms. The maximum atomic E-state index is 14.8. The number of unbranched alkanes of at least 4 members (excludes halogenated alkanes) is 1. The van der Waals surface area contributed by atoms with Gasteiger partial charge >= 0.3 is 6.18 Å². The molecule has 1 aromatic carbocycles. The van der Waals surface area contributed by atoms with Crippen LogP contribution in [0.5, 0.6) is 5.75 Å². The molecule has 1 aromatic heterocycles. The molecule has 51 heavy (non-hydrogen) atoms. The zero-order valence-corrected chi connectivity index (χ0v) is 32.5. The number of nitrogens with one attached hydrogen (secondary N) is 2. The zero-order valence-electron chi connectivity index (χ0n) is 31.1. The van der Waals surface area contributed by atoms with Gasteiger partial charge in [-0.1, -0.05) is 47.5 Å². The Hall–Kier alpha value is -2.81. The van der Waals surface area contributed by atoms with Crippen LogP contribution in [0.1, 0.15) is 91.2 Å². The minimum Gasteiger partial charge on any atom is -0.545 e. The van der Waals surface area contributed by atoms with Gasteiger partial charge in [-0.05, 0) is 75.1 Å². The molecule has 4 unspecified atom stereocenters. The number of nitrogens with zero attached hydrogens (tertiary/aromatic N) is 1. The van der Waals surface area contributed by atoms with Gasteiger partial charge in [0.25, 0.3) is 11.5 Å². The topological polar surface area (TPSA) is 129 Å². The monoisotopic (exact) mass is 771 g/mol. The summed E-state index contributed by atoms with van der Waals surface area (Å²) in [5.41, 5.74) is -4.89. The number of benzene rings is 1. The number of pyridine rings is 1. The van der Waals surface area contributed by atoms with Crippen molar-refractivity contribution < 1.29 is 64.7 Å². The molecule has 1 saturated carbocycles. The molecular formula is C36H55F5N3O6V-. The fraction of sp³-hybridized carbons (Fsp3) is 0.667. The van der Waals surface area contributed by atoms with Gasteiger partial charge in [0.2, 0.25) is 6.41 Å². The summed E-state index contributed by atoms with van der Waals surface area (Å²) >= 11 is 0. The molecule has 4 rings (SSSR count). The quantitative estimate of drug-likeness (QED) is 0.104. The van der Waals surface area contributed by atoms with E-state index >= 15 is 0 Å². The van der Waals surface area contributed by atoms with Crippen molar-refractivity contribution in [3.8, 4) is 5.75 Å². The molecule has 9 nitrogen and oxygen atoms in total. The first kappa shape index (κ1) is 50.3. The SMILES string of the molecule is CC(C)(C)[C@@H](C=O)NC=O.CC1CCN(C)C1C.CO.COc1ccc2c(C(F)(F)F)c(C(F)(F)CCCCC3CC3C)c(=O)[nH]c2c1.[CH-]=O.[V]. The van der Waals surface area contributed by atoms with Crippen molar-refractivity contribution in [2.45, 2.75) is 104 Å². The van der Waals surface area contributed by atoms with E-state index in [-0.39, 0.29) is 47.7 Å². The number of aliphatic hydroxyl groups is 1. The Morgan fingerprint density at radius 1 is 1.04 bits per heavy atom.